The number of nitrogens with one attached hydrogen (secondary N) is 1. The van der Waals surface area contributed by atoms with Gasteiger partial charge in [0.1, 0.15) is 0 Å². The molecule has 0 fully saturated rings. The van der Waals surface area contributed by atoms with Crippen molar-refractivity contribution >= 4 is 17.5 Å². The van der Waals surface area contributed by atoms with Gasteiger partial charge < -0.3 is 5.32 Å². The number of aromatic nitrogens is 4. The molecule has 0 unspecified atom stereocenters. The highest BCUT2D eigenvalue weighted by Gasteiger charge is 2.34. The van der Waals surface area contributed by atoms with Crippen LogP contribution in [0.3, 0.4) is 0 Å². The van der Waals surface area contributed by atoms with E-state index in [4.69, 9.17) is 11.6 Å². The standard InChI is InChI=1S/C10H9ClF3N5/c1-5-6(11)4-19(18-5)8-3-7(10(12,13)14)16-9(15-2)17-8/h3-4H,1-2H3,(H,15,16,17). The highest BCUT2D eigenvalue weighted by Crippen LogP contribution is 2.29. The van der Waals surface area contributed by atoms with Crippen LogP contribution < -0.4 is 5.32 Å². The second kappa shape index (κ2) is 4.69. The molecule has 0 radical (unpaired) electrons. The maximum Gasteiger partial charge on any atom is 0.433 e. The number of hydrogen-bond donors (Lipinski definition) is 1. The van der Waals surface area contributed by atoms with Gasteiger partial charge in [0.05, 0.1) is 16.9 Å². The number of alkyl halides is 3. The molecule has 19 heavy (non-hydrogen) atoms. The summed E-state index contributed by atoms with van der Waals surface area (Å²) in [5.74, 6) is -0.157. The molecule has 0 aliphatic heterocycles. The number of halogens is 4. The first-order valence-corrected chi connectivity index (χ1v) is 5.55. The molecular weight excluding hydrogens is 283 g/mol. The Labute approximate surface area is 111 Å². The number of rotatable bonds is 2. The molecule has 0 aromatic carbocycles. The van der Waals surface area contributed by atoms with Gasteiger partial charge in [0.25, 0.3) is 0 Å². The SMILES string of the molecule is CNc1nc(-n2cc(Cl)c(C)n2)cc(C(F)(F)F)n1. The Morgan fingerprint density at radius 1 is 1.32 bits per heavy atom. The highest BCUT2D eigenvalue weighted by atomic mass is 35.5. The van der Waals surface area contributed by atoms with Crippen molar-refractivity contribution < 1.29 is 13.2 Å². The van der Waals surface area contributed by atoms with Crippen LogP contribution in [0.15, 0.2) is 12.3 Å². The van der Waals surface area contributed by atoms with Gasteiger partial charge in [-0.15, -0.1) is 0 Å². The van der Waals surface area contributed by atoms with Crippen LogP contribution in [0.4, 0.5) is 19.1 Å². The van der Waals surface area contributed by atoms with Crippen LogP contribution in [0, 0.1) is 6.92 Å². The Morgan fingerprint density at radius 3 is 2.47 bits per heavy atom. The molecule has 0 amide bonds. The van der Waals surface area contributed by atoms with Crippen LogP contribution in [0.25, 0.3) is 5.82 Å². The molecule has 5 nitrogen and oxygen atoms in total. The Hall–Kier alpha value is -1.83. The monoisotopic (exact) mass is 291 g/mol. The molecule has 0 saturated heterocycles. The summed E-state index contributed by atoms with van der Waals surface area (Å²) in [6.07, 6.45) is -3.17. The molecular formula is C10H9ClF3N5. The average molecular weight is 292 g/mol. The zero-order valence-corrected chi connectivity index (χ0v) is 10.7. The van der Waals surface area contributed by atoms with Crippen molar-refractivity contribution in [1.82, 2.24) is 19.7 Å². The molecule has 0 aliphatic rings. The van der Waals surface area contributed by atoms with E-state index in [-0.39, 0.29) is 11.8 Å². The average Bonchev–Trinajstić information content (AvgIpc) is 2.68. The zero-order valence-electron chi connectivity index (χ0n) is 9.96. The van der Waals surface area contributed by atoms with Gasteiger partial charge in [0.15, 0.2) is 11.5 Å². The van der Waals surface area contributed by atoms with E-state index in [2.05, 4.69) is 20.4 Å². The van der Waals surface area contributed by atoms with Crippen molar-refractivity contribution in [3.05, 3.63) is 28.7 Å². The first-order valence-electron chi connectivity index (χ1n) is 5.17. The molecule has 9 heteroatoms. The predicted molar refractivity (Wildman–Crippen MR) is 63.4 cm³/mol. The maximum absolute atomic E-state index is 12.7. The van der Waals surface area contributed by atoms with Crippen molar-refractivity contribution in [3.8, 4) is 5.82 Å². The van der Waals surface area contributed by atoms with Crippen molar-refractivity contribution in [2.75, 3.05) is 12.4 Å². The second-order valence-corrected chi connectivity index (χ2v) is 4.10. The van der Waals surface area contributed by atoms with E-state index < -0.39 is 11.9 Å². The predicted octanol–water partition coefficient (Wildman–Crippen LogP) is 2.68. The van der Waals surface area contributed by atoms with Gasteiger partial charge in [-0.3, -0.25) is 0 Å². The van der Waals surface area contributed by atoms with Crippen LogP contribution in [0.2, 0.25) is 5.02 Å². The van der Waals surface area contributed by atoms with E-state index in [9.17, 15) is 13.2 Å². The van der Waals surface area contributed by atoms with Crippen molar-refractivity contribution in [1.29, 1.82) is 0 Å². The largest absolute Gasteiger partial charge is 0.433 e. The Morgan fingerprint density at radius 2 is 2.00 bits per heavy atom. The summed E-state index contributed by atoms with van der Waals surface area (Å²) >= 11 is 5.82. The Kier molecular flexibility index (Phi) is 3.36. The van der Waals surface area contributed by atoms with E-state index in [1.54, 1.807) is 6.92 Å². The smallest absolute Gasteiger partial charge is 0.357 e. The number of nitrogens with zero attached hydrogens (tertiary/aromatic N) is 4. The summed E-state index contributed by atoms with van der Waals surface area (Å²) < 4.78 is 39.3. The fourth-order valence-electron chi connectivity index (χ4n) is 1.37. The Balaban J connectivity index is 2.57. The summed E-state index contributed by atoms with van der Waals surface area (Å²) in [5, 5.41) is 6.80. The van der Waals surface area contributed by atoms with Gasteiger partial charge in [-0.2, -0.15) is 23.3 Å². The number of hydrogen-bond acceptors (Lipinski definition) is 4. The minimum absolute atomic E-state index is 0.0123. The lowest BCUT2D eigenvalue weighted by atomic mass is 10.4. The molecule has 2 aromatic heterocycles. The minimum Gasteiger partial charge on any atom is -0.357 e. The van der Waals surface area contributed by atoms with Crippen LogP contribution in [0.1, 0.15) is 11.4 Å². The third-order valence-corrected chi connectivity index (χ3v) is 2.67. The lowest BCUT2D eigenvalue weighted by molar-refractivity contribution is -0.141. The fourth-order valence-corrected chi connectivity index (χ4v) is 1.50. The number of aryl methyl sites for hydroxylation is 1. The van der Waals surface area contributed by atoms with Crippen LogP contribution in [0.5, 0.6) is 0 Å². The van der Waals surface area contributed by atoms with Crippen LogP contribution >= 0.6 is 11.6 Å². The molecule has 2 aromatic rings. The van der Waals surface area contributed by atoms with E-state index in [1.165, 1.54) is 17.9 Å². The van der Waals surface area contributed by atoms with Crippen LogP contribution in [-0.2, 0) is 6.18 Å². The third kappa shape index (κ3) is 2.78. The van der Waals surface area contributed by atoms with Gasteiger partial charge in [-0.1, -0.05) is 11.6 Å². The van der Waals surface area contributed by atoms with Gasteiger partial charge in [0.2, 0.25) is 5.95 Å². The first kappa shape index (κ1) is 13.6. The normalized spacial score (nSPS) is 11.7. The van der Waals surface area contributed by atoms with E-state index in [0.29, 0.717) is 10.7 Å². The second-order valence-electron chi connectivity index (χ2n) is 3.69. The van der Waals surface area contributed by atoms with Crippen molar-refractivity contribution in [2.45, 2.75) is 13.1 Å². The van der Waals surface area contributed by atoms with Gasteiger partial charge >= 0.3 is 6.18 Å². The quantitative estimate of drug-likeness (QED) is 0.924. The lowest BCUT2D eigenvalue weighted by Crippen LogP contribution is -2.13. The number of anilines is 1. The van der Waals surface area contributed by atoms with Gasteiger partial charge in [0, 0.05) is 13.1 Å². The fraction of sp³-hybridized carbons (Fsp3) is 0.300. The molecule has 2 heterocycles. The van der Waals surface area contributed by atoms with Gasteiger partial charge in [-0.25, -0.2) is 9.67 Å². The first-order chi connectivity index (χ1) is 8.81. The topological polar surface area (TPSA) is 55.6 Å². The summed E-state index contributed by atoms with van der Waals surface area (Å²) in [4.78, 5) is 7.27. The van der Waals surface area contributed by atoms with E-state index in [1.807, 2.05) is 0 Å². The van der Waals surface area contributed by atoms with Gasteiger partial charge in [-0.05, 0) is 6.92 Å². The van der Waals surface area contributed by atoms with E-state index >= 15 is 0 Å². The molecule has 1 N–H and O–H groups in total. The minimum atomic E-state index is -4.56. The van der Waals surface area contributed by atoms with Crippen LogP contribution in [-0.4, -0.2) is 26.8 Å². The zero-order chi connectivity index (χ0) is 14.2. The molecule has 0 atom stereocenters. The molecule has 2 rings (SSSR count). The lowest BCUT2D eigenvalue weighted by Gasteiger charge is -2.09. The maximum atomic E-state index is 12.7. The summed E-state index contributed by atoms with van der Waals surface area (Å²) in [5.41, 5.74) is -0.550. The van der Waals surface area contributed by atoms with Crippen molar-refractivity contribution in [3.63, 3.8) is 0 Å². The van der Waals surface area contributed by atoms with Crippen molar-refractivity contribution in [2.24, 2.45) is 0 Å². The third-order valence-electron chi connectivity index (χ3n) is 2.30. The summed E-state index contributed by atoms with van der Waals surface area (Å²) in [6.45, 7) is 1.64. The summed E-state index contributed by atoms with van der Waals surface area (Å²) in [6, 6.07) is 0.809. The highest BCUT2D eigenvalue weighted by molar-refractivity contribution is 6.31. The molecule has 102 valence electrons. The summed E-state index contributed by atoms with van der Waals surface area (Å²) in [7, 11) is 1.43. The Bertz CT molecular complexity index is 588. The molecule has 0 spiro atoms. The molecule has 0 aliphatic carbocycles. The molecule has 0 saturated carbocycles. The van der Waals surface area contributed by atoms with E-state index in [0.717, 1.165) is 6.07 Å². The molecule has 0 bridgehead atoms.